The Morgan fingerprint density at radius 2 is 1.38 bits per heavy atom. The molecule has 2 aliphatic rings. The number of allylic oxidation sites excluding steroid dienone is 2. The van der Waals surface area contributed by atoms with Crippen molar-refractivity contribution in [2.24, 2.45) is 0 Å². The molecule has 15 heteroatoms. The lowest BCUT2D eigenvalue weighted by atomic mass is 9.97. The first-order valence-electron chi connectivity index (χ1n) is 19.9. The van der Waals surface area contributed by atoms with E-state index in [1.54, 1.807) is 12.1 Å². The number of hydrogen-bond donors (Lipinski definition) is 8. The molecule has 8 N–H and O–H groups in total. The standard InChI is InChI=1S/C40H65NO14/c1-26(16-14-12-10-8-6-4-3-5-7-9-11-13-15-17-32(45)41-23-22-28-18-20-29(44)21-19-28)52-40-38(36(49)33(46)30(24-42)53-40)55-39-37(50)35(48)34(47)31(54-39)25-51-27(2)43/h3-4,18-21,26,30-31,33-40,42,44,46-50H,5-17,22-25H2,1-2H3,(H,41,45)/b4-3-/t26?,30-,31-,33-,34-,35+,36+,37-,38-,39+,40-/m1/s1. The van der Waals surface area contributed by atoms with E-state index in [9.17, 15) is 45.3 Å². The number of aliphatic hydroxyl groups is 6. The van der Waals surface area contributed by atoms with Crippen molar-refractivity contribution in [1.82, 2.24) is 5.32 Å². The molecule has 2 fully saturated rings. The molecule has 55 heavy (non-hydrogen) atoms. The van der Waals surface area contributed by atoms with Crippen LogP contribution in [-0.4, -0.2) is 135 Å². The first-order valence-corrected chi connectivity index (χ1v) is 19.9. The fourth-order valence-electron chi connectivity index (χ4n) is 6.59. The summed E-state index contributed by atoms with van der Waals surface area (Å²) >= 11 is 0. The monoisotopic (exact) mass is 783 g/mol. The van der Waals surface area contributed by atoms with E-state index in [-0.39, 0.29) is 17.8 Å². The normalized spacial score (nSPS) is 28.9. The lowest BCUT2D eigenvalue weighted by molar-refractivity contribution is -0.371. The van der Waals surface area contributed by atoms with Crippen LogP contribution in [0.3, 0.4) is 0 Å². The minimum Gasteiger partial charge on any atom is -0.508 e. The zero-order valence-corrected chi connectivity index (χ0v) is 32.3. The summed E-state index contributed by atoms with van der Waals surface area (Å²) in [5, 5.41) is 74.6. The third kappa shape index (κ3) is 16.7. The fraction of sp³-hybridized carbons (Fsp3) is 0.750. The summed E-state index contributed by atoms with van der Waals surface area (Å²) < 4.78 is 28.1. The molecule has 2 aliphatic heterocycles. The van der Waals surface area contributed by atoms with Gasteiger partial charge in [0.1, 0.15) is 61.2 Å². The molecule has 0 radical (unpaired) electrons. The number of phenolic OH excluding ortho intramolecular Hbond substituents is 1. The minimum atomic E-state index is -1.76. The van der Waals surface area contributed by atoms with Crippen LogP contribution in [0.4, 0.5) is 0 Å². The molecule has 314 valence electrons. The number of esters is 1. The van der Waals surface area contributed by atoms with Gasteiger partial charge in [-0.25, -0.2) is 0 Å². The summed E-state index contributed by atoms with van der Waals surface area (Å²) in [5.74, 6) is -0.316. The van der Waals surface area contributed by atoms with Crippen molar-refractivity contribution in [3.05, 3.63) is 42.0 Å². The summed E-state index contributed by atoms with van der Waals surface area (Å²) in [7, 11) is 0. The van der Waals surface area contributed by atoms with Gasteiger partial charge in [-0.05, 0) is 69.6 Å². The average molecular weight is 784 g/mol. The van der Waals surface area contributed by atoms with Crippen molar-refractivity contribution in [3.8, 4) is 5.75 Å². The molecule has 0 aromatic heterocycles. The first-order chi connectivity index (χ1) is 26.4. The van der Waals surface area contributed by atoms with E-state index in [2.05, 4.69) is 17.5 Å². The van der Waals surface area contributed by atoms with Gasteiger partial charge >= 0.3 is 5.97 Å². The molecule has 1 aromatic carbocycles. The van der Waals surface area contributed by atoms with E-state index in [0.717, 1.165) is 89.5 Å². The molecule has 0 bridgehead atoms. The lowest BCUT2D eigenvalue weighted by Gasteiger charge is -2.46. The van der Waals surface area contributed by atoms with Crippen LogP contribution in [0.5, 0.6) is 5.75 Å². The molecule has 2 heterocycles. The maximum atomic E-state index is 12.0. The first kappa shape index (κ1) is 46.7. The Labute approximate surface area is 324 Å². The lowest BCUT2D eigenvalue weighted by Crippen LogP contribution is -2.65. The predicted octanol–water partition coefficient (Wildman–Crippen LogP) is 2.28. The van der Waals surface area contributed by atoms with E-state index in [4.69, 9.17) is 23.7 Å². The highest BCUT2D eigenvalue weighted by molar-refractivity contribution is 5.75. The number of carbonyl (C=O) groups is 2. The van der Waals surface area contributed by atoms with Gasteiger partial charge in [0, 0.05) is 19.9 Å². The minimum absolute atomic E-state index is 0.0882. The molecule has 11 atom stereocenters. The van der Waals surface area contributed by atoms with Gasteiger partial charge in [-0.3, -0.25) is 9.59 Å². The number of benzene rings is 1. The van der Waals surface area contributed by atoms with Gasteiger partial charge in [0.05, 0.1) is 12.7 Å². The SMILES string of the molecule is CC(=O)OC[C@H]1O[C@@H](O[C@H]2[C@H](OC(C)CCCCCC/C=C\CCCCCCCC(=O)NCCc3ccc(O)cc3)O[C@H](CO)[C@@H](O)[C@@H]2O)[C@H](O)[C@@H](O)[C@@H]1O. The number of nitrogens with one attached hydrogen (secondary N) is 1. The Morgan fingerprint density at radius 1 is 0.782 bits per heavy atom. The number of aromatic hydroxyl groups is 1. The maximum absolute atomic E-state index is 12.0. The molecular weight excluding hydrogens is 718 g/mol. The number of ether oxygens (including phenoxy) is 5. The fourth-order valence-corrected chi connectivity index (χ4v) is 6.59. The Morgan fingerprint density at radius 3 is 2.04 bits per heavy atom. The molecular formula is C40H65NO14. The number of hydrogen-bond acceptors (Lipinski definition) is 14. The second-order valence-electron chi connectivity index (χ2n) is 14.6. The number of unbranched alkanes of at least 4 members (excludes halogenated alkanes) is 9. The topological polar surface area (TPSA) is 234 Å². The van der Waals surface area contributed by atoms with Crippen molar-refractivity contribution in [3.63, 3.8) is 0 Å². The number of carbonyl (C=O) groups excluding carboxylic acids is 2. The summed E-state index contributed by atoms with van der Waals surface area (Å²) in [6.45, 7) is 2.56. The Bertz CT molecular complexity index is 1250. The Kier molecular flexibility index (Phi) is 21.7. The van der Waals surface area contributed by atoms with Gasteiger partial charge in [0.25, 0.3) is 0 Å². The average Bonchev–Trinajstić information content (AvgIpc) is 3.16. The van der Waals surface area contributed by atoms with Crippen LogP contribution in [0.15, 0.2) is 36.4 Å². The summed E-state index contributed by atoms with van der Waals surface area (Å²) in [6.07, 6.45) is 2.47. The summed E-state index contributed by atoms with van der Waals surface area (Å²) in [6, 6.07) is 7.03. The van der Waals surface area contributed by atoms with Crippen molar-refractivity contribution >= 4 is 11.9 Å². The van der Waals surface area contributed by atoms with Crippen molar-refractivity contribution in [2.75, 3.05) is 19.8 Å². The Hall–Kier alpha value is -2.70. The molecule has 1 unspecified atom stereocenters. The number of aliphatic hydroxyl groups excluding tert-OH is 6. The van der Waals surface area contributed by atoms with E-state index in [1.165, 1.54) is 0 Å². The van der Waals surface area contributed by atoms with Crippen molar-refractivity contribution in [1.29, 1.82) is 0 Å². The van der Waals surface area contributed by atoms with Crippen LogP contribution >= 0.6 is 0 Å². The Balaban J connectivity index is 1.25. The van der Waals surface area contributed by atoms with Gasteiger partial charge in [-0.2, -0.15) is 0 Å². The second-order valence-corrected chi connectivity index (χ2v) is 14.6. The number of rotatable bonds is 25. The van der Waals surface area contributed by atoms with Gasteiger partial charge in [0.2, 0.25) is 5.91 Å². The summed E-state index contributed by atoms with van der Waals surface area (Å²) in [5.41, 5.74) is 1.08. The van der Waals surface area contributed by atoms with Gasteiger partial charge in [-0.15, -0.1) is 0 Å². The predicted molar refractivity (Wildman–Crippen MR) is 200 cm³/mol. The smallest absolute Gasteiger partial charge is 0.302 e. The molecule has 2 saturated heterocycles. The van der Waals surface area contributed by atoms with Crippen molar-refractivity contribution in [2.45, 2.75) is 171 Å². The van der Waals surface area contributed by atoms with Crippen LogP contribution in [-0.2, 0) is 39.7 Å². The highest BCUT2D eigenvalue weighted by Gasteiger charge is 2.51. The molecule has 0 aliphatic carbocycles. The van der Waals surface area contributed by atoms with Crippen LogP contribution in [0.25, 0.3) is 0 Å². The van der Waals surface area contributed by atoms with Crippen LogP contribution in [0.1, 0.15) is 103 Å². The quantitative estimate of drug-likeness (QED) is 0.0404. The van der Waals surface area contributed by atoms with E-state index >= 15 is 0 Å². The van der Waals surface area contributed by atoms with E-state index in [1.807, 2.05) is 19.1 Å². The highest BCUT2D eigenvalue weighted by atomic mass is 16.8. The van der Waals surface area contributed by atoms with Crippen molar-refractivity contribution < 1.29 is 69.0 Å². The maximum Gasteiger partial charge on any atom is 0.302 e. The number of amides is 1. The zero-order valence-electron chi connectivity index (χ0n) is 32.3. The molecule has 1 amide bonds. The second kappa shape index (κ2) is 25.5. The van der Waals surface area contributed by atoms with Gasteiger partial charge in [0.15, 0.2) is 12.6 Å². The third-order valence-electron chi connectivity index (χ3n) is 9.95. The molecule has 1 aromatic rings. The largest absolute Gasteiger partial charge is 0.508 e. The van der Waals surface area contributed by atoms with Crippen LogP contribution in [0.2, 0.25) is 0 Å². The van der Waals surface area contributed by atoms with E-state index < -0.39 is 80.6 Å². The van der Waals surface area contributed by atoms with Crippen LogP contribution < -0.4 is 5.32 Å². The van der Waals surface area contributed by atoms with E-state index in [0.29, 0.717) is 19.4 Å². The van der Waals surface area contributed by atoms with Crippen LogP contribution in [0, 0.1) is 0 Å². The molecule has 3 rings (SSSR count). The van der Waals surface area contributed by atoms with Gasteiger partial charge < -0.3 is 64.7 Å². The van der Waals surface area contributed by atoms with Gasteiger partial charge in [-0.1, -0.05) is 62.8 Å². The molecule has 0 saturated carbocycles. The summed E-state index contributed by atoms with van der Waals surface area (Å²) in [4.78, 5) is 23.3. The molecule has 0 spiro atoms. The highest BCUT2D eigenvalue weighted by Crippen LogP contribution is 2.31. The zero-order chi connectivity index (χ0) is 40.2. The molecule has 15 nitrogen and oxygen atoms in total. The third-order valence-corrected chi connectivity index (χ3v) is 9.95. The number of phenols is 1.